The normalized spacial score (nSPS) is 16.7. The van der Waals surface area contributed by atoms with Gasteiger partial charge in [-0.1, -0.05) is 157 Å². The minimum Gasteiger partial charge on any atom is -0.457 e. The van der Waals surface area contributed by atoms with Crippen LogP contribution in [-0.2, 0) is 49.8 Å². The van der Waals surface area contributed by atoms with Gasteiger partial charge in [0.15, 0.2) is 16.9 Å². The summed E-state index contributed by atoms with van der Waals surface area (Å²) < 4.78 is 26.7. The molecular weight excluding hydrogens is 1040 g/mol. The third-order valence-electron chi connectivity index (χ3n) is 12.9. The number of ether oxygens (including phenoxy) is 2. The number of hydrogen-bond donors (Lipinski definition) is 2. The molecule has 0 radical (unpaired) electrons. The smallest absolute Gasteiger partial charge is 0.356 e. The number of carbonyl (C=O) groups excluding carboxylic acids is 4. The van der Waals surface area contributed by atoms with Gasteiger partial charge < -0.3 is 24.9 Å². The molecule has 2 N–H and O–H groups in total. The highest BCUT2D eigenvalue weighted by Gasteiger charge is 2.58. The Labute approximate surface area is 461 Å². The number of carbonyl (C=O) groups is 4. The number of hydrogen-bond acceptors (Lipinski definition) is 15. The zero-order valence-corrected chi connectivity index (χ0v) is 45.5. The van der Waals surface area contributed by atoms with Crippen LogP contribution in [0.4, 0.5) is 5.13 Å². The molecule has 3 aromatic heterocycles. The van der Waals surface area contributed by atoms with Gasteiger partial charge in [-0.2, -0.15) is 0 Å². The molecule has 18 heteroatoms. The highest BCUT2D eigenvalue weighted by atomic mass is 32.2. The average Bonchev–Trinajstić information content (AvgIpc) is 4.18. The van der Waals surface area contributed by atoms with E-state index in [-0.39, 0.29) is 17.1 Å². The standard InChI is InChI=1S/C60H53N7O8S3/c1-58(2,3)74-56(71)59(4,5)75-66-47(45-36-76-57(63-45)65-60(41-27-15-8-16-28-41,42-29-17-9-18-30-42)43-31-19-10-20-32-43)51(68)64-48-53(69)67-49(55(70)73-50(38-22-11-6-12-23-38)39-24-13-7-14-25-39)44(37-78(72)54(48)67)46-35-62-52(77-46)40-26-21-33-61-34-40/h6-36,48,50,54H,37H2,1-5H3,(H,63,65)(H,64,68)/b66-47+. The number of rotatable bonds is 17. The largest absolute Gasteiger partial charge is 0.457 e. The van der Waals surface area contributed by atoms with Crippen molar-refractivity contribution in [1.82, 2.24) is 25.2 Å². The summed E-state index contributed by atoms with van der Waals surface area (Å²) in [4.78, 5) is 79.6. The van der Waals surface area contributed by atoms with Crippen molar-refractivity contribution in [2.75, 3.05) is 11.1 Å². The lowest BCUT2D eigenvalue weighted by molar-refractivity contribution is -0.179. The van der Waals surface area contributed by atoms with Crippen molar-refractivity contribution in [3.63, 3.8) is 0 Å². The number of aromatic nitrogens is 3. The molecule has 8 aromatic rings. The van der Waals surface area contributed by atoms with E-state index >= 15 is 4.79 Å². The molecule has 394 valence electrons. The summed E-state index contributed by atoms with van der Waals surface area (Å²) in [5.74, 6) is -3.45. The number of pyridine rings is 1. The number of thiazole rings is 2. The van der Waals surface area contributed by atoms with Gasteiger partial charge in [0.1, 0.15) is 39.0 Å². The fourth-order valence-electron chi connectivity index (χ4n) is 9.13. The Kier molecular flexibility index (Phi) is 15.1. The summed E-state index contributed by atoms with van der Waals surface area (Å²) in [5.41, 5.74) is 1.02. The van der Waals surface area contributed by atoms with Crippen LogP contribution in [0.3, 0.4) is 0 Å². The summed E-state index contributed by atoms with van der Waals surface area (Å²) >= 11 is 2.45. The maximum absolute atomic E-state index is 15.0. The number of amides is 2. The molecule has 5 aromatic carbocycles. The molecule has 78 heavy (non-hydrogen) atoms. The zero-order valence-electron chi connectivity index (χ0n) is 43.1. The Bertz CT molecular complexity index is 3420. The molecule has 1 saturated heterocycles. The number of benzene rings is 5. The van der Waals surface area contributed by atoms with Crippen LogP contribution >= 0.6 is 22.7 Å². The first-order valence-corrected chi connectivity index (χ1v) is 28.0. The molecule has 0 bridgehead atoms. The van der Waals surface area contributed by atoms with E-state index < -0.39 is 74.5 Å². The summed E-state index contributed by atoms with van der Waals surface area (Å²) in [7, 11) is -1.90. The quantitative estimate of drug-likeness (QED) is 0.0289. The van der Waals surface area contributed by atoms with Crippen LogP contribution < -0.4 is 10.6 Å². The summed E-state index contributed by atoms with van der Waals surface area (Å²) in [6, 6.07) is 50.3. The highest BCUT2D eigenvalue weighted by molar-refractivity contribution is 7.86. The van der Waals surface area contributed by atoms with E-state index in [0.29, 0.717) is 31.7 Å². The predicted molar refractivity (Wildman–Crippen MR) is 301 cm³/mol. The topological polar surface area (TPSA) is 191 Å². The van der Waals surface area contributed by atoms with Crippen molar-refractivity contribution in [2.45, 2.75) is 68.9 Å². The van der Waals surface area contributed by atoms with Crippen LogP contribution in [0.25, 0.3) is 16.1 Å². The van der Waals surface area contributed by atoms with E-state index in [1.807, 2.05) is 158 Å². The number of β-lactam (4-membered cyclic amide) rings is 1. The van der Waals surface area contributed by atoms with E-state index in [1.54, 1.807) is 50.8 Å². The van der Waals surface area contributed by atoms with Crippen LogP contribution in [0.1, 0.15) is 79.1 Å². The Hall–Kier alpha value is -8.45. The van der Waals surface area contributed by atoms with Gasteiger partial charge in [0.25, 0.3) is 11.8 Å². The van der Waals surface area contributed by atoms with Crippen molar-refractivity contribution in [3.8, 4) is 10.6 Å². The molecule has 0 aliphatic carbocycles. The first-order valence-electron chi connectivity index (χ1n) is 24.9. The van der Waals surface area contributed by atoms with Crippen LogP contribution in [0.2, 0.25) is 0 Å². The molecule has 2 amide bonds. The summed E-state index contributed by atoms with van der Waals surface area (Å²) in [6.45, 7) is 8.05. The molecule has 3 unspecified atom stereocenters. The molecule has 2 aliphatic rings. The van der Waals surface area contributed by atoms with E-state index in [9.17, 15) is 18.6 Å². The number of oxime groups is 1. The highest BCUT2D eigenvalue weighted by Crippen LogP contribution is 2.44. The minimum absolute atomic E-state index is 0.0328. The van der Waals surface area contributed by atoms with E-state index in [0.717, 1.165) is 27.2 Å². The van der Waals surface area contributed by atoms with Gasteiger partial charge in [-0.25, -0.2) is 19.6 Å². The van der Waals surface area contributed by atoms with Crippen molar-refractivity contribution in [2.24, 2.45) is 5.16 Å². The second-order valence-corrected chi connectivity index (χ2v) is 23.3. The zero-order chi connectivity index (χ0) is 54.6. The van der Waals surface area contributed by atoms with E-state index in [4.69, 9.17) is 19.3 Å². The number of nitrogens with one attached hydrogen (secondary N) is 2. The third kappa shape index (κ3) is 10.9. The lowest BCUT2D eigenvalue weighted by Crippen LogP contribution is -2.74. The maximum Gasteiger partial charge on any atom is 0.356 e. The van der Waals surface area contributed by atoms with Gasteiger partial charge in [-0.3, -0.25) is 23.7 Å². The van der Waals surface area contributed by atoms with Crippen LogP contribution in [0.5, 0.6) is 0 Å². The van der Waals surface area contributed by atoms with Crippen molar-refractivity contribution < 1.29 is 37.7 Å². The molecule has 15 nitrogen and oxygen atoms in total. The molecule has 5 heterocycles. The molecule has 0 spiro atoms. The Balaban J connectivity index is 1.01. The number of esters is 2. The van der Waals surface area contributed by atoms with Gasteiger partial charge in [-0.15, -0.1) is 22.7 Å². The fourth-order valence-corrected chi connectivity index (χ4v) is 12.6. The second kappa shape index (κ2) is 22.3. The molecule has 10 rings (SSSR count). The Morgan fingerprint density at radius 2 is 1.32 bits per heavy atom. The molecular formula is C60H53N7O8S3. The van der Waals surface area contributed by atoms with Crippen LogP contribution in [-0.4, -0.2) is 81.9 Å². The third-order valence-corrected chi connectivity index (χ3v) is 16.3. The molecule has 1 fully saturated rings. The number of fused-ring (bicyclic) bond motifs is 1. The van der Waals surface area contributed by atoms with Crippen molar-refractivity contribution in [1.29, 1.82) is 0 Å². The summed E-state index contributed by atoms with van der Waals surface area (Å²) in [5, 5.41) is 12.1. The summed E-state index contributed by atoms with van der Waals surface area (Å²) in [6.07, 6.45) is 3.99. The second-order valence-electron chi connectivity index (χ2n) is 19.8. The van der Waals surface area contributed by atoms with Crippen molar-refractivity contribution >= 4 is 73.6 Å². The van der Waals surface area contributed by atoms with Gasteiger partial charge in [0.05, 0.1) is 21.4 Å². The van der Waals surface area contributed by atoms with Gasteiger partial charge in [-0.05, 0) is 74.6 Å². The van der Waals surface area contributed by atoms with Gasteiger partial charge >= 0.3 is 11.9 Å². The number of anilines is 1. The average molecular weight is 1100 g/mol. The fraction of sp³-hybridized carbons (Fsp3) is 0.200. The lowest BCUT2D eigenvalue weighted by atomic mass is 9.77. The molecule has 3 atom stereocenters. The van der Waals surface area contributed by atoms with Gasteiger partial charge in [0, 0.05) is 35.1 Å². The molecule has 0 saturated carbocycles. The van der Waals surface area contributed by atoms with Crippen molar-refractivity contribution in [3.05, 3.63) is 232 Å². The minimum atomic E-state index is -1.90. The monoisotopic (exact) mass is 1100 g/mol. The van der Waals surface area contributed by atoms with E-state index in [2.05, 4.69) is 25.8 Å². The predicted octanol–water partition coefficient (Wildman–Crippen LogP) is 10.1. The Morgan fingerprint density at radius 1 is 0.756 bits per heavy atom. The lowest BCUT2D eigenvalue weighted by Gasteiger charge is -2.49. The van der Waals surface area contributed by atoms with Crippen LogP contribution in [0.15, 0.2) is 199 Å². The first-order chi connectivity index (χ1) is 37.6. The SMILES string of the molecule is CC(C)(C)OC(=O)C(C)(C)O/N=C(/C(=O)NC1C(=O)N2C(C(=O)OC(c3ccccc3)c3ccccc3)=C(c3cnc(-c4cccnc4)s3)CS(=O)C12)c1csc(NC(c2ccccc2)(c2ccccc2)c2ccccc2)n1. The maximum atomic E-state index is 15.0. The van der Waals surface area contributed by atoms with Gasteiger partial charge in [0.2, 0.25) is 5.60 Å². The molecule has 2 aliphatic heterocycles. The number of nitrogens with zero attached hydrogens (tertiary/aromatic N) is 5. The Morgan fingerprint density at radius 3 is 1.86 bits per heavy atom. The van der Waals surface area contributed by atoms with Crippen LogP contribution in [0, 0.1) is 0 Å². The first kappa shape index (κ1) is 53.0. The van der Waals surface area contributed by atoms with E-state index in [1.165, 1.54) is 36.5 Å².